The first-order valence-electron chi connectivity index (χ1n) is 6.98. The summed E-state index contributed by atoms with van der Waals surface area (Å²) in [5, 5.41) is 4.12. The number of hydrogen-bond acceptors (Lipinski definition) is 2. The van der Waals surface area contributed by atoms with Crippen molar-refractivity contribution in [1.82, 2.24) is 10.2 Å². The number of benzene rings is 1. The van der Waals surface area contributed by atoms with Crippen molar-refractivity contribution >= 4 is 23.0 Å². The van der Waals surface area contributed by atoms with Crippen LogP contribution in [0.15, 0.2) is 24.3 Å². The fraction of sp³-hybridized carbons (Fsp3) is 0.533. The minimum absolute atomic E-state index is 0.480. The lowest BCUT2D eigenvalue weighted by Crippen LogP contribution is -2.55. The monoisotopic (exact) mass is 277 g/mol. The molecule has 1 aliphatic rings. The van der Waals surface area contributed by atoms with E-state index in [0.717, 1.165) is 31.3 Å². The highest BCUT2D eigenvalue weighted by Gasteiger charge is 2.24. The van der Waals surface area contributed by atoms with Crippen molar-refractivity contribution < 1.29 is 0 Å². The molecule has 4 heteroatoms. The van der Waals surface area contributed by atoms with Gasteiger partial charge in [-0.3, -0.25) is 0 Å². The van der Waals surface area contributed by atoms with Gasteiger partial charge in [0.25, 0.3) is 0 Å². The van der Waals surface area contributed by atoms with E-state index in [-0.39, 0.29) is 0 Å². The van der Waals surface area contributed by atoms with Gasteiger partial charge in [-0.2, -0.15) is 0 Å². The second-order valence-electron chi connectivity index (χ2n) is 5.16. The van der Waals surface area contributed by atoms with Gasteiger partial charge in [-0.15, -0.1) is 0 Å². The molecule has 0 aromatic heterocycles. The van der Waals surface area contributed by atoms with E-state index < -0.39 is 0 Å². The highest BCUT2D eigenvalue weighted by molar-refractivity contribution is 7.80. The third-order valence-corrected chi connectivity index (χ3v) is 4.01. The largest absolute Gasteiger partial charge is 0.365 e. The van der Waals surface area contributed by atoms with Crippen LogP contribution in [0.1, 0.15) is 19.4 Å². The summed E-state index contributed by atoms with van der Waals surface area (Å²) < 4.78 is 0. The van der Waals surface area contributed by atoms with E-state index in [1.807, 2.05) is 0 Å². The Morgan fingerprint density at radius 2 is 2.00 bits per heavy atom. The molecule has 1 heterocycles. The summed E-state index contributed by atoms with van der Waals surface area (Å²) in [6, 6.07) is 9.26. The molecule has 1 aromatic carbocycles. The molecule has 19 heavy (non-hydrogen) atoms. The standard InChI is InChI=1S/C15H23N3S/c1-4-16-15(19)17-9-10-18(13(3)11-17)14-7-5-12(2)6-8-14/h5-8,13H,4,9-11H2,1-3H3,(H,16,19). The predicted octanol–water partition coefficient (Wildman–Crippen LogP) is 2.40. The average molecular weight is 277 g/mol. The Labute approximate surface area is 121 Å². The fourth-order valence-corrected chi connectivity index (χ4v) is 2.84. The summed E-state index contributed by atoms with van der Waals surface area (Å²) in [6.07, 6.45) is 0. The molecular formula is C15H23N3S. The van der Waals surface area contributed by atoms with Crippen LogP contribution in [0.5, 0.6) is 0 Å². The molecule has 1 fully saturated rings. The zero-order chi connectivity index (χ0) is 13.8. The molecule has 3 nitrogen and oxygen atoms in total. The van der Waals surface area contributed by atoms with Crippen molar-refractivity contribution in [2.75, 3.05) is 31.1 Å². The Bertz CT molecular complexity index is 430. The minimum Gasteiger partial charge on any atom is -0.365 e. The molecule has 1 aromatic rings. The van der Waals surface area contributed by atoms with Gasteiger partial charge in [-0.1, -0.05) is 17.7 Å². The summed E-state index contributed by atoms with van der Waals surface area (Å²) in [5.74, 6) is 0. The maximum atomic E-state index is 5.39. The molecule has 0 saturated carbocycles. The number of anilines is 1. The summed E-state index contributed by atoms with van der Waals surface area (Å²) in [5.41, 5.74) is 2.62. The molecule has 1 N–H and O–H groups in total. The first-order chi connectivity index (χ1) is 9.11. The SMILES string of the molecule is CCNC(=S)N1CCN(c2ccc(C)cc2)C(C)C1. The van der Waals surface area contributed by atoms with E-state index >= 15 is 0 Å². The molecule has 0 radical (unpaired) electrons. The Balaban J connectivity index is 2.00. The first-order valence-corrected chi connectivity index (χ1v) is 7.38. The minimum atomic E-state index is 0.480. The van der Waals surface area contributed by atoms with Crippen molar-refractivity contribution in [3.63, 3.8) is 0 Å². The smallest absolute Gasteiger partial charge is 0.169 e. The first kappa shape index (κ1) is 14.1. The summed E-state index contributed by atoms with van der Waals surface area (Å²) in [4.78, 5) is 4.73. The van der Waals surface area contributed by atoms with Gasteiger partial charge in [0.2, 0.25) is 0 Å². The molecule has 1 aliphatic heterocycles. The van der Waals surface area contributed by atoms with Crippen molar-refractivity contribution in [1.29, 1.82) is 0 Å². The van der Waals surface area contributed by atoms with Gasteiger partial charge in [0.15, 0.2) is 5.11 Å². The van der Waals surface area contributed by atoms with Crippen LogP contribution >= 0.6 is 12.2 Å². The van der Waals surface area contributed by atoms with Gasteiger partial charge >= 0.3 is 0 Å². The molecule has 0 amide bonds. The third kappa shape index (κ3) is 3.38. The van der Waals surface area contributed by atoms with E-state index in [0.29, 0.717) is 6.04 Å². The Morgan fingerprint density at radius 3 is 2.58 bits per heavy atom. The van der Waals surface area contributed by atoms with Crippen molar-refractivity contribution in [2.24, 2.45) is 0 Å². The lowest BCUT2D eigenvalue weighted by molar-refractivity contribution is 0.334. The van der Waals surface area contributed by atoms with Gasteiger partial charge in [0.05, 0.1) is 0 Å². The number of thiocarbonyl (C=S) groups is 1. The number of rotatable bonds is 2. The van der Waals surface area contributed by atoms with E-state index in [9.17, 15) is 0 Å². The number of aryl methyl sites for hydroxylation is 1. The molecule has 104 valence electrons. The van der Waals surface area contributed by atoms with Gasteiger partial charge in [0.1, 0.15) is 0 Å². The van der Waals surface area contributed by atoms with Gasteiger partial charge < -0.3 is 15.1 Å². The highest BCUT2D eigenvalue weighted by atomic mass is 32.1. The van der Waals surface area contributed by atoms with Crippen LogP contribution in [0, 0.1) is 6.92 Å². The molecular weight excluding hydrogens is 254 g/mol. The maximum Gasteiger partial charge on any atom is 0.169 e. The molecule has 1 saturated heterocycles. The lowest BCUT2D eigenvalue weighted by atomic mass is 10.1. The van der Waals surface area contributed by atoms with Crippen LogP contribution in [0.25, 0.3) is 0 Å². The second-order valence-corrected chi connectivity index (χ2v) is 5.55. The van der Waals surface area contributed by atoms with Crippen LogP contribution in [-0.2, 0) is 0 Å². The van der Waals surface area contributed by atoms with E-state index in [4.69, 9.17) is 12.2 Å². The van der Waals surface area contributed by atoms with E-state index in [2.05, 4.69) is 60.2 Å². The van der Waals surface area contributed by atoms with Crippen LogP contribution in [0.2, 0.25) is 0 Å². The molecule has 0 bridgehead atoms. The molecule has 1 unspecified atom stereocenters. The van der Waals surface area contributed by atoms with Crippen molar-refractivity contribution in [3.05, 3.63) is 29.8 Å². The van der Waals surface area contributed by atoms with Crippen molar-refractivity contribution in [2.45, 2.75) is 26.8 Å². The topological polar surface area (TPSA) is 18.5 Å². The lowest BCUT2D eigenvalue weighted by Gasteiger charge is -2.42. The molecule has 0 aliphatic carbocycles. The predicted molar refractivity (Wildman–Crippen MR) is 85.8 cm³/mol. The number of piperazine rings is 1. The Morgan fingerprint density at radius 1 is 1.32 bits per heavy atom. The fourth-order valence-electron chi connectivity index (χ4n) is 2.52. The van der Waals surface area contributed by atoms with Crippen LogP contribution in [0.3, 0.4) is 0 Å². The zero-order valence-corrected chi connectivity index (χ0v) is 12.8. The van der Waals surface area contributed by atoms with Crippen LogP contribution in [0.4, 0.5) is 5.69 Å². The summed E-state index contributed by atoms with van der Waals surface area (Å²) >= 11 is 5.39. The quantitative estimate of drug-likeness (QED) is 0.836. The Hall–Kier alpha value is -1.29. The maximum absolute atomic E-state index is 5.39. The summed E-state index contributed by atoms with van der Waals surface area (Å²) in [7, 11) is 0. The van der Waals surface area contributed by atoms with Crippen molar-refractivity contribution in [3.8, 4) is 0 Å². The average Bonchev–Trinajstić information content (AvgIpc) is 2.40. The van der Waals surface area contributed by atoms with E-state index in [1.165, 1.54) is 11.3 Å². The summed E-state index contributed by atoms with van der Waals surface area (Å²) in [6.45, 7) is 10.4. The second kappa shape index (κ2) is 6.24. The van der Waals surface area contributed by atoms with E-state index in [1.54, 1.807) is 0 Å². The van der Waals surface area contributed by atoms with Crippen LogP contribution < -0.4 is 10.2 Å². The number of nitrogens with one attached hydrogen (secondary N) is 1. The normalized spacial score (nSPS) is 19.4. The van der Waals surface area contributed by atoms with Crippen LogP contribution in [-0.4, -0.2) is 42.2 Å². The molecule has 0 spiro atoms. The highest BCUT2D eigenvalue weighted by Crippen LogP contribution is 2.21. The molecule has 2 rings (SSSR count). The van der Waals surface area contributed by atoms with Gasteiger partial charge in [-0.25, -0.2) is 0 Å². The van der Waals surface area contributed by atoms with Gasteiger partial charge in [-0.05, 0) is 45.1 Å². The van der Waals surface area contributed by atoms with Gasteiger partial charge in [0, 0.05) is 37.9 Å². The third-order valence-electron chi connectivity index (χ3n) is 3.61. The number of hydrogen-bond donors (Lipinski definition) is 1. The number of nitrogens with zero attached hydrogens (tertiary/aromatic N) is 2. The molecule has 1 atom stereocenters. The zero-order valence-electron chi connectivity index (χ0n) is 12.0. The Kier molecular flexibility index (Phi) is 4.64.